The van der Waals surface area contributed by atoms with Gasteiger partial charge in [-0.15, -0.1) is 0 Å². The van der Waals surface area contributed by atoms with Crippen molar-refractivity contribution in [3.05, 3.63) is 252 Å². The molecule has 77 heavy (non-hydrogen) atoms. The number of furan rings is 1. The van der Waals surface area contributed by atoms with Crippen molar-refractivity contribution in [2.45, 2.75) is 6.42 Å². The number of fused-ring (bicyclic) bond motifs is 26. The zero-order valence-electron chi connectivity index (χ0n) is 41.6. The van der Waals surface area contributed by atoms with Gasteiger partial charge in [-0.1, -0.05) is 164 Å². The van der Waals surface area contributed by atoms with Gasteiger partial charge in [0.1, 0.15) is 11.2 Å². The van der Waals surface area contributed by atoms with E-state index in [0.717, 1.165) is 28.5 Å². The smallest absolute Gasteiger partial charge is 0.136 e. The van der Waals surface area contributed by atoms with E-state index in [0.29, 0.717) is 0 Å². The molecule has 352 valence electrons. The lowest BCUT2D eigenvalue weighted by Gasteiger charge is -2.22. The van der Waals surface area contributed by atoms with Crippen LogP contribution in [0.25, 0.3) is 177 Å². The van der Waals surface area contributed by atoms with Gasteiger partial charge in [-0.25, -0.2) is 0 Å². The van der Waals surface area contributed by atoms with Crippen LogP contribution in [0.15, 0.2) is 199 Å². The highest BCUT2D eigenvalue weighted by Gasteiger charge is 2.30. The molecule has 0 saturated heterocycles. The molecule has 19 rings (SSSR count). The Balaban J connectivity index is 0.817. The minimum Gasteiger partial charge on any atom is -0.456 e. The summed E-state index contributed by atoms with van der Waals surface area (Å²) < 4.78 is 9.10. The molecule has 0 atom stereocenters. The van der Waals surface area contributed by atoms with E-state index in [9.17, 15) is 0 Å². The molecule has 4 aliphatic rings. The molecule has 2 nitrogen and oxygen atoms in total. The summed E-state index contributed by atoms with van der Waals surface area (Å²) >= 11 is 0. The summed E-state index contributed by atoms with van der Waals surface area (Å²) in [6.45, 7) is 4.41. The molecule has 15 aromatic rings. The normalized spacial score (nSPS) is 13.9. The fraction of sp³-hybridized carbons (Fsp3) is 0.0133. The van der Waals surface area contributed by atoms with Gasteiger partial charge >= 0.3 is 0 Å². The van der Waals surface area contributed by atoms with Gasteiger partial charge < -0.3 is 8.98 Å². The third kappa shape index (κ3) is 5.34. The molecular formula is C75H41NO. The van der Waals surface area contributed by atoms with Crippen LogP contribution in [0.5, 0.6) is 0 Å². The van der Waals surface area contributed by atoms with E-state index < -0.39 is 0 Å². The highest BCUT2D eigenvalue weighted by molar-refractivity contribution is 6.34. The van der Waals surface area contributed by atoms with Crippen molar-refractivity contribution in [2.24, 2.45) is 0 Å². The predicted octanol–water partition coefficient (Wildman–Crippen LogP) is 20.5. The maximum Gasteiger partial charge on any atom is 0.136 e. The molecule has 2 aromatic heterocycles. The number of para-hydroxylation sites is 2. The van der Waals surface area contributed by atoms with Gasteiger partial charge in [-0.2, -0.15) is 0 Å². The van der Waals surface area contributed by atoms with Crippen LogP contribution in [-0.4, -0.2) is 4.57 Å². The first-order valence-electron chi connectivity index (χ1n) is 26.9. The van der Waals surface area contributed by atoms with Crippen LogP contribution in [0.3, 0.4) is 0 Å². The fourth-order valence-corrected chi connectivity index (χ4v) is 14.1. The Bertz CT molecular complexity index is 5440. The molecule has 0 N–H and O–H groups in total. The molecule has 4 aliphatic carbocycles. The summed E-state index contributed by atoms with van der Waals surface area (Å²) in [6, 6.07) is 70.5. The first-order valence-corrected chi connectivity index (χ1v) is 26.9. The Kier molecular flexibility index (Phi) is 7.56. The average molecular weight is 972 g/mol. The van der Waals surface area contributed by atoms with Crippen molar-refractivity contribution in [3.63, 3.8) is 0 Å². The minimum atomic E-state index is 0.909. The Morgan fingerprint density at radius 2 is 0.922 bits per heavy atom. The van der Waals surface area contributed by atoms with E-state index >= 15 is 0 Å². The highest BCUT2D eigenvalue weighted by Crippen LogP contribution is 2.53. The molecule has 2 heterocycles. The van der Waals surface area contributed by atoms with Crippen molar-refractivity contribution < 1.29 is 4.42 Å². The molecule has 0 saturated carbocycles. The lowest BCUT2D eigenvalue weighted by Crippen LogP contribution is -1.99. The second-order valence-corrected chi connectivity index (χ2v) is 21.8. The lowest BCUT2D eigenvalue weighted by atomic mass is 9.82. The number of hydrogen-bond donors (Lipinski definition) is 0. The Morgan fingerprint density at radius 1 is 0.364 bits per heavy atom. The maximum atomic E-state index is 6.61. The van der Waals surface area contributed by atoms with E-state index in [1.54, 1.807) is 0 Å². The van der Waals surface area contributed by atoms with Crippen LogP contribution in [0.4, 0.5) is 0 Å². The van der Waals surface area contributed by atoms with Crippen molar-refractivity contribution in [3.8, 4) is 39.1 Å². The molecule has 0 bridgehead atoms. The van der Waals surface area contributed by atoms with Crippen LogP contribution >= 0.6 is 0 Å². The number of aromatic nitrogens is 1. The highest BCUT2D eigenvalue weighted by atomic mass is 16.3. The summed E-state index contributed by atoms with van der Waals surface area (Å²) in [5.41, 5.74) is 24.4. The second-order valence-electron chi connectivity index (χ2n) is 21.8. The Hall–Kier alpha value is -9.76. The second kappa shape index (κ2) is 14.3. The number of benzene rings is 13. The van der Waals surface area contributed by atoms with Crippen molar-refractivity contribution in [1.82, 2.24) is 4.57 Å². The lowest BCUT2D eigenvalue weighted by molar-refractivity contribution is 0.669. The van der Waals surface area contributed by atoms with Crippen LogP contribution in [0.1, 0.15) is 50.9 Å². The van der Waals surface area contributed by atoms with Gasteiger partial charge in [0, 0.05) is 39.0 Å². The Morgan fingerprint density at radius 3 is 1.64 bits per heavy atom. The number of allylic oxidation sites excluding steroid dienone is 2. The molecule has 0 aliphatic heterocycles. The largest absolute Gasteiger partial charge is 0.456 e. The van der Waals surface area contributed by atoms with E-state index in [4.69, 9.17) is 4.42 Å². The summed E-state index contributed by atoms with van der Waals surface area (Å²) in [5, 5.41) is 20.6. The summed E-state index contributed by atoms with van der Waals surface area (Å²) in [4.78, 5) is 0. The van der Waals surface area contributed by atoms with Crippen LogP contribution in [-0.2, 0) is 0 Å². The minimum absolute atomic E-state index is 0.909. The Labute approximate surface area is 442 Å². The van der Waals surface area contributed by atoms with Gasteiger partial charge in [0.05, 0.1) is 11.0 Å². The molecule has 2 radical (unpaired) electrons. The fourth-order valence-electron chi connectivity index (χ4n) is 14.1. The zero-order valence-corrected chi connectivity index (χ0v) is 41.6. The van der Waals surface area contributed by atoms with Crippen molar-refractivity contribution in [1.29, 1.82) is 0 Å². The standard InChI is InChI=1S/C75H41NO/c1-40-9-5-6-12-47(40)56-32-34-69-74(70(56)41-15-16-41)66-38-45(20-33-68(66)77-69)42-19-23-54-61(35-42)59-29-28-57-50-26-24-48(50)52-21-17-43(36-63(52)71(57)72(59)65-39-62(54)65)44-18-22-53-49-25-27-51(49)58-30-31-60-55-13-7-8-14-67(55)76(46-10-3-2-4-11-46)75(60)73(58)64(53)37-44/h2-15,17-39H,1,16H2. The maximum absolute atomic E-state index is 6.61. The van der Waals surface area contributed by atoms with E-state index in [-0.39, 0.29) is 0 Å². The van der Waals surface area contributed by atoms with Gasteiger partial charge in [-0.3, -0.25) is 0 Å². The monoisotopic (exact) mass is 971 g/mol. The molecule has 2 heteroatoms. The first-order chi connectivity index (χ1) is 38.1. The molecular weight excluding hydrogens is 931 g/mol. The van der Waals surface area contributed by atoms with Crippen LogP contribution in [0, 0.1) is 13.3 Å². The number of rotatable bonds is 5. The quantitative estimate of drug-likeness (QED) is 0.157. The third-order valence-electron chi connectivity index (χ3n) is 17.9. The zero-order chi connectivity index (χ0) is 49.9. The summed E-state index contributed by atoms with van der Waals surface area (Å²) in [5.74, 6) is 0. The number of hydrogen-bond acceptors (Lipinski definition) is 1. The first kappa shape index (κ1) is 40.6. The number of nitrogens with zero attached hydrogens (tertiary/aromatic N) is 1. The SMILES string of the molecule is [CH2]c1ccccc1-c1ccc2oc3ccc(-c4ccc5c6c(c7c(ccc8c9c(c%10ccc(-c%11ccc%12c%13c(c%14ccc%15c%16ccccc%16n(-c%16ccccc%16)c%15c%14c%12c%11)C=C%13)cc%10c87)C=C9)c5c4)[CH]6)cc3c2c1C1=CC1. The van der Waals surface area contributed by atoms with E-state index in [2.05, 4.69) is 236 Å². The van der Waals surface area contributed by atoms with Crippen molar-refractivity contribution >= 4 is 138 Å². The molecule has 0 amide bonds. The van der Waals surface area contributed by atoms with Crippen LogP contribution < -0.4 is 0 Å². The summed E-state index contributed by atoms with van der Waals surface area (Å²) in [6.07, 6.45) is 15.0. The topological polar surface area (TPSA) is 18.1 Å². The summed E-state index contributed by atoms with van der Waals surface area (Å²) in [7, 11) is 0. The van der Waals surface area contributed by atoms with Gasteiger partial charge in [0.2, 0.25) is 0 Å². The third-order valence-corrected chi connectivity index (χ3v) is 17.9. The molecule has 13 aromatic carbocycles. The predicted molar refractivity (Wildman–Crippen MR) is 327 cm³/mol. The molecule has 0 fully saturated rings. The average Bonchev–Trinajstić information content (AvgIpc) is 4.59. The van der Waals surface area contributed by atoms with E-state index in [1.165, 1.54) is 175 Å². The van der Waals surface area contributed by atoms with Gasteiger partial charge in [0.15, 0.2) is 0 Å². The molecule has 0 unspecified atom stereocenters. The van der Waals surface area contributed by atoms with Crippen molar-refractivity contribution in [2.75, 3.05) is 0 Å². The molecule has 0 spiro atoms. The van der Waals surface area contributed by atoms with Gasteiger partial charge in [-0.05, 0) is 211 Å². The van der Waals surface area contributed by atoms with Crippen LogP contribution in [0.2, 0.25) is 0 Å². The van der Waals surface area contributed by atoms with Gasteiger partial charge in [0.25, 0.3) is 0 Å². The van der Waals surface area contributed by atoms with E-state index in [1.807, 2.05) is 0 Å².